The predicted octanol–water partition coefficient (Wildman–Crippen LogP) is 2.68. The Labute approximate surface area is 94.5 Å². The first kappa shape index (κ1) is 12.3. The number of hydrogen-bond acceptors (Lipinski definition) is 3. The fraction of sp³-hybridized carbons (Fsp3) is 0.308. The van der Waals surface area contributed by atoms with Gasteiger partial charge in [0, 0.05) is 29.5 Å². The molecule has 3 heteroatoms. The lowest BCUT2D eigenvalue weighted by Crippen LogP contribution is -2.05. The van der Waals surface area contributed by atoms with Gasteiger partial charge < -0.3 is 0 Å². The lowest BCUT2D eigenvalue weighted by Gasteiger charge is -2.05. The molecule has 0 unspecified atom stereocenters. The van der Waals surface area contributed by atoms with Crippen LogP contribution in [0.25, 0.3) is 0 Å². The van der Waals surface area contributed by atoms with E-state index in [-0.39, 0.29) is 11.6 Å². The molecule has 0 heterocycles. The van der Waals surface area contributed by atoms with Gasteiger partial charge in [0.2, 0.25) is 0 Å². The number of hydrogen-bond donors (Lipinski definition) is 0. The van der Waals surface area contributed by atoms with E-state index in [0.29, 0.717) is 35.8 Å². The molecule has 1 aromatic carbocycles. The van der Waals surface area contributed by atoms with Crippen LogP contribution >= 0.6 is 0 Å². The number of aldehydes is 1. The van der Waals surface area contributed by atoms with Gasteiger partial charge in [-0.05, 0) is 6.07 Å². The molecule has 84 valence electrons. The van der Waals surface area contributed by atoms with E-state index in [1.807, 2.05) is 0 Å². The lowest BCUT2D eigenvalue weighted by molar-refractivity contribution is 0.0981. The Morgan fingerprint density at radius 2 is 1.75 bits per heavy atom. The third kappa shape index (κ3) is 2.42. The molecule has 0 aliphatic heterocycles. The molecule has 1 rings (SSSR count). The predicted molar refractivity (Wildman–Crippen MR) is 61.1 cm³/mol. The summed E-state index contributed by atoms with van der Waals surface area (Å²) in [6.45, 7) is 3.49. The van der Waals surface area contributed by atoms with E-state index in [9.17, 15) is 14.4 Å². The Morgan fingerprint density at radius 3 is 2.25 bits per heavy atom. The Hall–Kier alpha value is -1.77. The van der Waals surface area contributed by atoms with Gasteiger partial charge in [-0.3, -0.25) is 14.4 Å². The summed E-state index contributed by atoms with van der Waals surface area (Å²) in [5.74, 6) is -0.143. The van der Waals surface area contributed by atoms with Crippen molar-refractivity contribution in [3.8, 4) is 0 Å². The highest BCUT2D eigenvalue weighted by molar-refractivity contribution is 6.05. The number of carbonyl (C=O) groups is 3. The van der Waals surface area contributed by atoms with Crippen LogP contribution in [0.4, 0.5) is 0 Å². The minimum absolute atomic E-state index is 0.0254. The molecule has 0 aromatic heterocycles. The summed E-state index contributed by atoms with van der Waals surface area (Å²) in [6, 6.07) is 4.63. The van der Waals surface area contributed by atoms with Crippen molar-refractivity contribution >= 4 is 17.9 Å². The fourth-order valence-corrected chi connectivity index (χ4v) is 1.47. The van der Waals surface area contributed by atoms with Gasteiger partial charge in [0.25, 0.3) is 0 Å². The third-order valence-electron chi connectivity index (χ3n) is 2.44. The highest BCUT2D eigenvalue weighted by atomic mass is 16.1. The zero-order valence-electron chi connectivity index (χ0n) is 9.45. The lowest BCUT2D eigenvalue weighted by atomic mass is 9.97. The van der Waals surface area contributed by atoms with E-state index in [0.717, 1.165) is 0 Å². The first-order valence-electron chi connectivity index (χ1n) is 5.29. The molecule has 0 saturated carbocycles. The quantitative estimate of drug-likeness (QED) is 0.564. The second-order valence-electron chi connectivity index (χ2n) is 3.47. The molecule has 3 nitrogen and oxygen atoms in total. The first-order valence-corrected chi connectivity index (χ1v) is 5.29. The normalized spacial score (nSPS) is 9.88. The van der Waals surface area contributed by atoms with E-state index in [4.69, 9.17) is 0 Å². The smallest absolute Gasteiger partial charge is 0.163 e. The van der Waals surface area contributed by atoms with E-state index >= 15 is 0 Å². The molecule has 0 fully saturated rings. The van der Waals surface area contributed by atoms with Crippen LogP contribution in [-0.4, -0.2) is 17.9 Å². The Morgan fingerprint density at radius 1 is 1.12 bits per heavy atom. The maximum Gasteiger partial charge on any atom is 0.163 e. The second kappa shape index (κ2) is 5.35. The minimum Gasteiger partial charge on any atom is -0.298 e. The second-order valence-corrected chi connectivity index (χ2v) is 3.47. The van der Waals surface area contributed by atoms with Gasteiger partial charge >= 0.3 is 0 Å². The topological polar surface area (TPSA) is 51.2 Å². The number of Topliss-reactive ketones (excluding diaryl/α,β-unsaturated/α-hetero) is 2. The Kier molecular flexibility index (Phi) is 4.11. The molecule has 0 radical (unpaired) electrons. The average Bonchev–Trinajstić information content (AvgIpc) is 2.35. The Bertz CT molecular complexity index is 433. The van der Waals surface area contributed by atoms with Crippen LogP contribution < -0.4 is 0 Å². The summed E-state index contributed by atoms with van der Waals surface area (Å²) in [4.78, 5) is 33.8. The zero-order chi connectivity index (χ0) is 12.1. The van der Waals surface area contributed by atoms with Gasteiger partial charge in [-0.1, -0.05) is 26.0 Å². The van der Waals surface area contributed by atoms with Crippen LogP contribution in [0.2, 0.25) is 0 Å². The Balaban J connectivity index is 3.26. The summed E-state index contributed by atoms with van der Waals surface area (Å²) in [6.07, 6.45) is 1.36. The highest BCUT2D eigenvalue weighted by Crippen LogP contribution is 2.14. The van der Waals surface area contributed by atoms with Crippen LogP contribution in [0.1, 0.15) is 57.8 Å². The number of carbonyl (C=O) groups excluding carboxylic acids is 3. The molecule has 0 aliphatic carbocycles. The molecular formula is C13H14O3. The van der Waals surface area contributed by atoms with Gasteiger partial charge in [-0.15, -0.1) is 0 Å². The largest absolute Gasteiger partial charge is 0.298 e. The molecule has 0 atom stereocenters. The van der Waals surface area contributed by atoms with Gasteiger partial charge in [0.05, 0.1) is 0 Å². The monoisotopic (exact) mass is 218 g/mol. The maximum absolute atomic E-state index is 11.6. The third-order valence-corrected chi connectivity index (χ3v) is 2.44. The number of ketones is 2. The van der Waals surface area contributed by atoms with Crippen LogP contribution in [-0.2, 0) is 0 Å². The maximum atomic E-state index is 11.6. The van der Waals surface area contributed by atoms with Crippen LogP contribution in [0.3, 0.4) is 0 Å². The molecular weight excluding hydrogens is 204 g/mol. The molecule has 0 bridgehead atoms. The molecule has 0 aliphatic rings. The van der Waals surface area contributed by atoms with Crippen molar-refractivity contribution in [1.29, 1.82) is 0 Å². The van der Waals surface area contributed by atoms with Crippen molar-refractivity contribution in [3.05, 3.63) is 34.9 Å². The first-order chi connectivity index (χ1) is 7.63. The molecule has 1 aromatic rings. The zero-order valence-corrected chi connectivity index (χ0v) is 9.45. The van der Waals surface area contributed by atoms with Crippen molar-refractivity contribution in [3.63, 3.8) is 0 Å². The van der Waals surface area contributed by atoms with Crippen molar-refractivity contribution in [2.45, 2.75) is 26.7 Å². The summed E-state index contributed by atoms with van der Waals surface area (Å²) >= 11 is 0. The number of benzene rings is 1. The van der Waals surface area contributed by atoms with Crippen molar-refractivity contribution in [2.24, 2.45) is 0 Å². The van der Waals surface area contributed by atoms with Crippen molar-refractivity contribution < 1.29 is 14.4 Å². The molecule has 0 spiro atoms. The summed E-state index contributed by atoms with van der Waals surface area (Å²) in [5, 5.41) is 0. The van der Waals surface area contributed by atoms with Crippen LogP contribution in [0.5, 0.6) is 0 Å². The summed E-state index contributed by atoms with van der Waals surface area (Å²) in [7, 11) is 0. The van der Waals surface area contributed by atoms with Gasteiger partial charge in [-0.2, -0.15) is 0 Å². The molecule has 0 N–H and O–H groups in total. The standard InChI is InChI=1S/C13H14O3/c1-3-12(15)9-5-6-10(8-14)11(7-9)13(16)4-2/h5-8H,3-4H2,1-2H3. The molecule has 0 amide bonds. The van der Waals surface area contributed by atoms with Crippen LogP contribution in [0.15, 0.2) is 18.2 Å². The van der Waals surface area contributed by atoms with E-state index in [2.05, 4.69) is 0 Å². The SMILES string of the molecule is CCC(=O)c1ccc(C=O)c(C(=O)CC)c1. The minimum atomic E-state index is -0.118. The fourth-order valence-electron chi connectivity index (χ4n) is 1.47. The number of rotatable bonds is 5. The molecule has 16 heavy (non-hydrogen) atoms. The van der Waals surface area contributed by atoms with E-state index in [1.54, 1.807) is 19.9 Å². The van der Waals surface area contributed by atoms with Crippen LogP contribution in [0, 0.1) is 0 Å². The van der Waals surface area contributed by atoms with Gasteiger partial charge in [0.1, 0.15) is 0 Å². The molecule has 0 saturated heterocycles. The van der Waals surface area contributed by atoms with E-state index in [1.165, 1.54) is 12.1 Å². The van der Waals surface area contributed by atoms with Gasteiger partial charge in [-0.25, -0.2) is 0 Å². The summed E-state index contributed by atoms with van der Waals surface area (Å²) < 4.78 is 0. The van der Waals surface area contributed by atoms with Crippen molar-refractivity contribution in [2.75, 3.05) is 0 Å². The highest BCUT2D eigenvalue weighted by Gasteiger charge is 2.12. The van der Waals surface area contributed by atoms with Crippen molar-refractivity contribution in [1.82, 2.24) is 0 Å². The average molecular weight is 218 g/mol. The summed E-state index contributed by atoms with van der Waals surface area (Å²) in [5.41, 5.74) is 1.18. The van der Waals surface area contributed by atoms with E-state index < -0.39 is 0 Å². The van der Waals surface area contributed by atoms with Gasteiger partial charge in [0.15, 0.2) is 17.9 Å².